The Morgan fingerprint density at radius 2 is 2.03 bits per heavy atom. The van der Waals surface area contributed by atoms with Crippen molar-refractivity contribution in [3.05, 3.63) is 41.3 Å². The maximum absolute atomic E-state index is 12.7. The number of rotatable bonds is 6. The lowest BCUT2D eigenvalue weighted by atomic mass is 10.1. The summed E-state index contributed by atoms with van der Waals surface area (Å²) in [5, 5.41) is 11.3. The third kappa shape index (κ3) is 5.29. The van der Waals surface area contributed by atoms with Crippen LogP contribution in [0.5, 0.6) is 0 Å². The minimum atomic E-state index is 0.240. The molecule has 3 heterocycles. The van der Waals surface area contributed by atoms with Crippen molar-refractivity contribution in [3.63, 3.8) is 0 Å². The molecular formula is C24H35N7O. The molecule has 8 nitrogen and oxygen atoms in total. The number of nitrogens with zero attached hydrogens (tertiary/aromatic N) is 5. The van der Waals surface area contributed by atoms with Crippen LogP contribution in [0.25, 0.3) is 5.82 Å². The monoisotopic (exact) mass is 437 g/mol. The van der Waals surface area contributed by atoms with Gasteiger partial charge in [0.05, 0.1) is 12.2 Å². The summed E-state index contributed by atoms with van der Waals surface area (Å²) in [6, 6.07) is 6.31. The average molecular weight is 438 g/mol. The maximum atomic E-state index is 12.7. The molecule has 2 fully saturated rings. The third-order valence-electron chi connectivity index (χ3n) is 6.34. The zero-order chi connectivity index (χ0) is 22.5. The molecule has 172 valence electrons. The van der Waals surface area contributed by atoms with E-state index in [1.54, 1.807) is 0 Å². The average Bonchev–Trinajstić information content (AvgIpc) is 3.54. The number of aryl methyl sites for hydroxylation is 2. The van der Waals surface area contributed by atoms with Gasteiger partial charge in [-0.3, -0.25) is 4.79 Å². The molecule has 2 aromatic heterocycles. The first-order valence-electron chi connectivity index (χ1n) is 11.9. The molecule has 8 heteroatoms. The number of nitrogens with one attached hydrogen (secondary N) is 2. The second kappa shape index (κ2) is 10.1. The Morgan fingerprint density at radius 1 is 1.22 bits per heavy atom. The lowest BCUT2D eigenvalue weighted by Gasteiger charge is -2.21. The van der Waals surface area contributed by atoms with Gasteiger partial charge in [-0.15, -0.1) is 0 Å². The van der Waals surface area contributed by atoms with Crippen LogP contribution in [0.4, 0.5) is 0 Å². The zero-order valence-corrected chi connectivity index (χ0v) is 19.5. The molecule has 1 atom stereocenters. The van der Waals surface area contributed by atoms with Gasteiger partial charge in [-0.25, -0.2) is 14.7 Å². The van der Waals surface area contributed by atoms with Crippen molar-refractivity contribution in [3.8, 4) is 5.82 Å². The van der Waals surface area contributed by atoms with Crippen LogP contribution in [0.2, 0.25) is 0 Å². The Labute approximate surface area is 190 Å². The van der Waals surface area contributed by atoms with Gasteiger partial charge < -0.3 is 15.5 Å². The Hall–Kier alpha value is -2.90. The third-order valence-corrected chi connectivity index (χ3v) is 6.34. The normalized spacial score (nSPS) is 19.5. The van der Waals surface area contributed by atoms with Crippen molar-refractivity contribution in [2.45, 2.75) is 65.5 Å². The number of amides is 1. The summed E-state index contributed by atoms with van der Waals surface area (Å²) in [5.74, 6) is 2.20. The highest BCUT2D eigenvalue weighted by atomic mass is 16.2. The summed E-state index contributed by atoms with van der Waals surface area (Å²) < 4.78 is 1.85. The number of likely N-dealkylation sites (tertiary alicyclic amines) is 1. The van der Waals surface area contributed by atoms with Gasteiger partial charge in [-0.05, 0) is 57.7 Å². The molecule has 2 aliphatic rings. The topological polar surface area (TPSA) is 87.4 Å². The van der Waals surface area contributed by atoms with E-state index in [9.17, 15) is 4.79 Å². The Kier molecular flexibility index (Phi) is 7.07. The van der Waals surface area contributed by atoms with Crippen LogP contribution in [0, 0.1) is 19.8 Å². The number of aliphatic imine (C=N–C) groups is 1. The molecule has 2 aromatic rings. The fraction of sp³-hybridized carbons (Fsp3) is 0.583. The smallest absolute Gasteiger partial charge is 0.225 e. The van der Waals surface area contributed by atoms with Crippen LogP contribution >= 0.6 is 0 Å². The first-order valence-corrected chi connectivity index (χ1v) is 11.9. The fourth-order valence-electron chi connectivity index (χ4n) is 4.69. The summed E-state index contributed by atoms with van der Waals surface area (Å²) in [5.41, 5.74) is 3.09. The van der Waals surface area contributed by atoms with Crippen LogP contribution in [-0.2, 0) is 11.3 Å². The van der Waals surface area contributed by atoms with Crippen LogP contribution in [0.15, 0.2) is 29.4 Å². The van der Waals surface area contributed by atoms with Crippen LogP contribution in [0.1, 0.15) is 56.0 Å². The molecule has 0 aromatic carbocycles. The molecule has 1 saturated heterocycles. The van der Waals surface area contributed by atoms with E-state index < -0.39 is 0 Å². The van der Waals surface area contributed by atoms with E-state index in [-0.39, 0.29) is 12.0 Å². The Balaban J connectivity index is 1.34. The summed E-state index contributed by atoms with van der Waals surface area (Å²) >= 11 is 0. The number of pyridine rings is 1. The minimum Gasteiger partial charge on any atom is -0.357 e. The molecule has 1 amide bonds. The highest BCUT2D eigenvalue weighted by molar-refractivity contribution is 5.81. The van der Waals surface area contributed by atoms with E-state index >= 15 is 0 Å². The number of hydrogen-bond donors (Lipinski definition) is 2. The quantitative estimate of drug-likeness (QED) is 0.536. The number of guanidine groups is 1. The molecule has 0 radical (unpaired) electrons. The second-order valence-corrected chi connectivity index (χ2v) is 8.95. The van der Waals surface area contributed by atoms with Crippen molar-refractivity contribution >= 4 is 11.9 Å². The highest BCUT2D eigenvalue weighted by Gasteiger charge is 2.32. The molecule has 1 aliphatic carbocycles. The molecule has 32 heavy (non-hydrogen) atoms. The molecule has 1 unspecified atom stereocenters. The van der Waals surface area contributed by atoms with Crippen LogP contribution in [0.3, 0.4) is 0 Å². The summed E-state index contributed by atoms with van der Waals surface area (Å²) in [4.78, 5) is 24.1. The minimum absolute atomic E-state index is 0.240. The van der Waals surface area contributed by atoms with Crippen LogP contribution < -0.4 is 10.6 Å². The van der Waals surface area contributed by atoms with Gasteiger partial charge in [0.25, 0.3) is 0 Å². The first-order chi connectivity index (χ1) is 15.5. The van der Waals surface area contributed by atoms with E-state index in [1.165, 1.54) is 12.8 Å². The van der Waals surface area contributed by atoms with Gasteiger partial charge in [0.1, 0.15) is 0 Å². The zero-order valence-electron chi connectivity index (χ0n) is 19.5. The second-order valence-electron chi connectivity index (χ2n) is 8.95. The predicted octanol–water partition coefficient (Wildman–Crippen LogP) is 2.73. The number of aromatic nitrogens is 3. The van der Waals surface area contributed by atoms with E-state index in [0.29, 0.717) is 12.5 Å². The Morgan fingerprint density at radius 3 is 2.69 bits per heavy atom. The Bertz CT molecular complexity index is 944. The lowest BCUT2D eigenvalue weighted by Crippen LogP contribution is -2.45. The highest BCUT2D eigenvalue weighted by Crippen LogP contribution is 2.27. The number of carbonyl (C=O) groups is 1. The molecule has 1 saturated carbocycles. The number of hydrogen-bond acceptors (Lipinski definition) is 4. The molecule has 1 aliphatic heterocycles. The van der Waals surface area contributed by atoms with Crippen molar-refractivity contribution in [2.75, 3.05) is 19.6 Å². The molecule has 2 N–H and O–H groups in total. The van der Waals surface area contributed by atoms with Crippen molar-refractivity contribution in [1.29, 1.82) is 0 Å². The largest absolute Gasteiger partial charge is 0.357 e. The van der Waals surface area contributed by atoms with E-state index in [4.69, 9.17) is 4.99 Å². The van der Waals surface area contributed by atoms with Gasteiger partial charge in [0.2, 0.25) is 5.91 Å². The van der Waals surface area contributed by atoms with E-state index in [2.05, 4.69) is 27.6 Å². The van der Waals surface area contributed by atoms with Gasteiger partial charge in [0, 0.05) is 43.5 Å². The molecule has 0 bridgehead atoms. The standard InChI is InChI=1S/C24H35N7O/c1-4-25-24(28-21-11-12-30(16-21)23(32)20-7-5-6-8-20)27-15-19-9-10-22(26-14-19)31-18(3)13-17(2)29-31/h9-10,13-14,20-21H,4-8,11-12,15-16H2,1-3H3,(H2,25,27,28). The van der Waals surface area contributed by atoms with Crippen LogP contribution in [-0.4, -0.2) is 57.2 Å². The van der Waals surface area contributed by atoms with Crippen molar-refractivity contribution in [2.24, 2.45) is 10.9 Å². The van der Waals surface area contributed by atoms with Gasteiger partial charge in [-0.2, -0.15) is 5.10 Å². The fourth-order valence-corrected chi connectivity index (χ4v) is 4.69. The maximum Gasteiger partial charge on any atom is 0.225 e. The molecule has 0 spiro atoms. The SMILES string of the molecule is CCNC(=NCc1ccc(-n2nc(C)cc2C)nc1)NC1CCN(C(=O)C2CCCC2)C1. The first kappa shape index (κ1) is 22.3. The molecule has 4 rings (SSSR count). The summed E-state index contributed by atoms with van der Waals surface area (Å²) in [6.07, 6.45) is 7.33. The van der Waals surface area contributed by atoms with Gasteiger partial charge in [-0.1, -0.05) is 18.9 Å². The lowest BCUT2D eigenvalue weighted by molar-refractivity contribution is -0.134. The summed E-state index contributed by atoms with van der Waals surface area (Å²) in [7, 11) is 0. The van der Waals surface area contributed by atoms with Gasteiger partial charge >= 0.3 is 0 Å². The van der Waals surface area contributed by atoms with Crippen molar-refractivity contribution in [1.82, 2.24) is 30.3 Å². The predicted molar refractivity (Wildman–Crippen MR) is 126 cm³/mol. The summed E-state index contributed by atoms with van der Waals surface area (Å²) in [6.45, 7) is 9.00. The molecular weight excluding hydrogens is 402 g/mol. The van der Waals surface area contributed by atoms with E-state index in [0.717, 1.165) is 67.6 Å². The van der Waals surface area contributed by atoms with Gasteiger partial charge in [0.15, 0.2) is 11.8 Å². The van der Waals surface area contributed by atoms with E-state index in [1.807, 2.05) is 47.8 Å². The van der Waals surface area contributed by atoms with Crippen molar-refractivity contribution < 1.29 is 4.79 Å². The number of carbonyl (C=O) groups excluding carboxylic acids is 1.